The summed E-state index contributed by atoms with van der Waals surface area (Å²) in [5.41, 5.74) is 1.84. The fraction of sp³-hybridized carbons (Fsp3) is 0.667. The van der Waals surface area contributed by atoms with Gasteiger partial charge in [-0.1, -0.05) is 62.3 Å². The van der Waals surface area contributed by atoms with Crippen molar-refractivity contribution in [2.24, 2.45) is 0 Å². The number of hydrogen-bond acceptors (Lipinski definition) is 2. The maximum Gasteiger partial charge on any atom is 0.123 e. The normalized spacial score (nSPS) is 13.7. The van der Waals surface area contributed by atoms with Crippen LogP contribution in [0, 0.1) is 0 Å². The van der Waals surface area contributed by atoms with E-state index >= 15 is 0 Å². The highest BCUT2D eigenvalue weighted by molar-refractivity contribution is 5.59. The molecule has 1 aromatic carbocycles. The van der Waals surface area contributed by atoms with Crippen LogP contribution in [0.3, 0.4) is 0 Å². The summed E-state index contributed by atoms with van der Waals surface area (Å²) in [6.45, 7) is 18.5. The van der Waals surface area contributed by atoms with Crippen LogP contribution in [0.4, 0.5) is 0 Å². The molecule has 0 amide bonds. The van der Waals surface area contributed by atoms with Crippen molar-refractivity contribution in [3.63, 3.8) is 0 Å². The molecular weight excluding hydrogens is 248 g/mol. The molecule has 0 aromatic heterocycles. The summed E-state index contributed by atoms with van der Waals surface area (Å²) in [5, 5.41) is 21.4. The standard InChI is InChI=1S/C18H30O2/c1-16(2,3)11-10-12(19)13(17(4,5)6)14(15(11)20)18(7,8)9/h10,19-20H,1-9H3. The lowest BCUT2D eigenvalue weighted by Crippen LogP contribution is -2.24. The van der Waals surface area contributed by atoms with Gasteiger partial charge in [-0.3, -0.25) is 0 Å². The van der Waals surface area contributed by atoms with Crippen molar-refractivity contribution in [2.45, 2.75) is 78.6 Å². The molecule has 0 unspecified atom stereocenters. The van der Waals surface area contributed by atoms with Crippen LogP contribution in [0.1, 0.15) is 79.0 Å². The molecule has 0 aliphatic carbocycles. The minimum atomic E-state index is -0.231. The zero-order valence-corrected chi connectivity index (χ0v) is 14.5. The summed E-state index contributed by atoms with van der Waals surface area (Å²) in [4.78, 5) is 0. The molecule has 114 valence electrons. The number of aromatic hydroxyl groups is 2. The summed E-state index contributed by atoms with van der Waals surface area (Å²) in [6.07, 6.45) is 0. The van der Waals surface area contributed by atoms with Gasteiger partial charge in [-0.2, -0.15) is 0 Å². The third kappa shape index (κ3) is 3.11. The van der Waals surface area contributed by atoms with Gasteiger partial charge in [0.2, 0.25) is 0 Å². The highest BCUT2D eigenvalue weighted by Crippen LogP contribution is 2.48. The minimum Gasteiger partial charge on any atom is -0.508 e. The van der Waals surface area contributed by atoms with Crippen molar-refractivity contribution >= 4 is 0 Å². The second kappa shape index (κ2) is 4.68. The number of benzene rings is 1. The molecule has 0 spiro atoms. The van der Waals surface area contributed by atoms with Crippen molar-refractivity contribution in [1.29, 1.82) is 0 Å². The average Bonchev–Trinajstić information content (AvgIpc) is 2.14. The first kappa shape index (κ1) is 16.9. The topological polar surface area (TPSA) is 40.5 Å². The molecule has 0 saturated carbocycles. The first-order valence-electron chi connectivity index (χ1n) is 7.27. The molecule has 20 heavy (non-hydrogen) atoms. The van der Waals surface area contributed by atoms with E-state index in [1.807, 2.05) is 20.8 Å². The smallest absolute Gasteiger partial charge is 0.123 e. The fourth-order valence-corrected chi connectivity index (χ4v) is 2.72. The summed E-state index contributed by atoms with van der Waals surface area (Å²) in [6, 6.07) is 1.73. The Kier molecular flexibility index (Phi) is 3.95. The number of phenolic OH excluding ortho intramolecular Hbond substituents is 2. The van der Waals surface area contributed by atoms with E-state index in [9.17, 15) is 10.2 Å². The quantitative estimate of drug-likeness (QED) is 0.656. The zero-order chi connectivity index (χ0) is 16.1. The lowest BCUT2D eigenvalue weighted by molar-refractivity contribution is 0.393. The molecule has 0 aliphatic rings. The van der Waals surface area contributed by atoms with Gasteiger partial charge >= 0.3 is 0 Å². The van der Waals surface area contributed by atoms with Crippen molar-refractivity contribution in [1.82, 2.24) is 0 Å². The molecule has 0 radical (unpaired) electrons. The van der Waals surface area contributed by atoms with Crippen LogP contribution in [-0.2, 0) is 16.2 Å². The summed E-state index contributed by atoms with van der Waals surface area (Å²) >= 11 is 0. The Hall–Kier alpha value is -1.18. The number of phenols is 2. The van der Waals surface area contributed by atoms with Crippen LogP contribution in [0.2, 0.25) is 0 Å². The number of hydrogen-bond donors (Lipinski definition) is 2. The van der Waals surface area contributed by atoms with Gasteiger partial charge in [0.25, 0.3) is 0 Å². The first-order valence-corrected chi connectivity index (χ1v) is 7.27. The Balaban J connectivity index is 3.88. The van der Waals surface area contributed by atoms with Crippen LogP contribution in [0.15, 0.2) is 6.07 Å². The van der Waals surface area contributed by atoms with E-state index < -0.39 is 0 Å². The summed E-state index contributed by atoms with van der Waals surface area (Å²) in [5.74, 6) is 0.609. The molecule has 0 atom stereocenters. The van der Waals surface area contributed by atoms with Gasteiger partial charge < -0.3 is 10.2 Å². The monoisotopic (exact) mass is 278 g/mol. The second-order valence-corrected chi connectivity index (χ2v) is 8.79. The summed E-state index contributed by atoms with van der Waals surface area (Å²) < 4.78 is 0. The van der Waals surface area contributed by atoms with Crippen molar-refractivity contribution in [2.75, 3.05) is 0 Å². The van der Waals surface area contributed by atoms with Crippen LogP contribution in [0.25, 0.3) is 0 Å². The molecule has 2 N–H and O–H groups in total. The predicted octanol–water partition coefficient (Wildman–Crippen LogP) is 4.99. The van der Waals surface area contributed by atoms with Gasteiger partial charge in [0.05, 0.1) is 0 Å². The highest BCUT2D eigenvalue weighted by Gasteiger charge is 2.34. The van der Waals surface area contributed by atoms with Crippen LogP contribution >= 0.6 is 0 Å². The highest BCUT2D eigenvalue weighted by atomic mass is 16.3. The van der Waals surface area contributed by atoms with Gasteiger partial charge in [0.15, 0.2) is 0 Å². The predicted molar refractivity (Wildman–Crippen MR) is 85.9 cm³/mol. The molecule has 0 saturated heterocycles. The molecular formula is C18H30O2. The van der Waals surface area contributed by atoms with E-state index in [1.54, 1.807) is 6.07 Å². The van der Waals surface area contributed by atoms with Gasteiger partial charge in [-0.25, -0.2) is 0 Å². The van der Waals surface area contributed by atoms with Crippen LogP contribution in [-0.4, -0.2) is 10.2 Å². The van der Waals surface area contributed by atoms with Gasteiger partial charge in [0.1, 0.15) is 11.5 Å². The molecule has 1 rings (SSSR count). The third-order valence-electron chi connectivity index (χ3n) is 3.59. The number of rotatable bonds is 0. The lowest BCUT2D eigenvalue weighted by atomic mass is 9.71. The maximum atomic E-state index is 10.8. The first-order chi connectivity index (χ1) is 8.67. The molecule has 1 aromatic rings. The molecule has 0 aliphatic heterocycles. The Bertz CT molecular complexity index is 506. The van der Waals surface area contributed by atoms with E-state index in [-0.39, 0.29) is 22.0 Å². The fourth-order valence-electron chi connectivity index (χ4n) is 2.72. The van der Waals surface area contributed by atoms with Crippen molar-refractivity contribution < 1.29 is 10.2 Å². The minimum absolute atomic E-state index is 0.210. The van der Waals surface area contributed by atoms with Crippen LogP contribution in [0.5, 0.6) is 11.5 Å². The zero-order valence-electron chi connectivity index (χ0n) is 14.5. The van der Waals surface area contributed by atoms with Gasteiger partial charge in [0, 0.05) is 16.7 Å². The van der Waals surface area contributed by atoms with Crippen molar-refractivity contribution in [3.05, 3.63) is 22.8 Å². The summed E-state index contributed by atoms with van der Waals surface area (Å²) in [7, 11) is 0. The van der Waals surface area contributed by atoms with Crippen molar-refractivity contribution in [3.8, 4) is 11.5 Å². The molecule has 2 heteroatoms. The average molecular weight is 278 g/mol. The second-order valence-electron chi connectivity index (χ2n) is 8.79. The van der Waals surface area contributed by atoms with Crippen LogP contribution < -0.4 is 0 Å². The Labute approximate surface area is 123 Å². The van der Waals surface area contributed by atoms with Gasteiger partial charge in [-0.05, 0) is 22.3 Å². The maximum absolute atomic E-state index is 10.8. The van der Waals surface area contributed by atoms with Gasteiger partial charge in [-0.15, -0.1) is 0 Å². The Morgan fingerprint density at radius 1 is 0.650 bits per heavy atom. The van der Waals surface area contributed by atoms with E-state index in [0.717, 1.165) is 16.7 Å². The largest absolute Gasteiger partial charge is 0.508 e. The Morgan fingerprint density at radius 3 is 1.35 bits per heavy atom. The van der Waals surface area contributed by atoms with E-state index in [1.165, 1.54) is 0 Å². The van der Waals surface area contributed by atoms with E-state index in [4.69, 9.17) is 0 Å². The SMILES string of the molecule is CC(C)(C)c1cc(O)c(C(C)(C)C)c(C(C)(C)C)c1O. The van der Waals surface area contributed by atoms with E-state index in [2.05, 4.69) is 41.5 Å². The third-order valence-corrected chi connectivity index (χ3v) is 3.59. The molecule has 0 bridgehead atoms. The molecule has 2 nitrogen and oxygen atoms in total. The molecule has 0 heterocycles. The lowest BCUT2D eigenvalue weighted by Gasteiger charge is -2.34. The Morgan fingerprint density at radius 2 is 1.05 bits per heavy atom. The van der Waals surface area contributed by atoms with E-state index in [0.29, 0.717) is 5.75 Å². The molecule has 0 fully saturated rings.